The molecule has 6 heteroatoms. The van der Waals surface area contributed by atoms with Crippen molar-refractivity contribution in [2.45, 2.75) is 10.1 Å². The van der Waals surface area contributed by atoms with Crippen LogP contribution in [0.3, 0.4) is 0 Å². The number of rotatable bonds is 2. The molecule has 2 aromatic rings. The topological polar surface area (TPSA) is 80.5 Å². The summed E-state index contributed by atoms with van der Waals surface area (Å²) in [7, 11) is 0. The monoisotopic (exact) mass is 193 g/mol. The van der Waals surface area contributed by atoms with E-state index < -0.39 is 0 Å². The van der Waals surface area contributed by atoms with Crippen molar-refractivity contribution in [3.05, 3.63) is 24.7 Å². The van der Waals surface area contributed by atoms with Gasteiger partial charge in [-0.05, 0) is 12.1 Å². The number of aromatic amines is 1. The van der Waals surface area contributed by atoms with Crippen molar-refractivity contribution in [3.8, 4) is 0 Å². The van der Waals surface area contributed by atoms with Gasteiger partial charge in [0.25, 0.3) is 0 Å². The SMILES string of the molecule is Nc1cc(Sc2ncn[nH]2)ccn1. The second kappa shape index (κ2) is 3.44. The van der Waals surface area contributed by atoms with Crippen LogP contribution in [-0.2, 0) is 0 Å². The molecule has 0 saturated heterocycles. The van der Waals surface area contributed by atoms with Crippen molar-refractivity contribution in [3.63, 3.8) is 0 Å². The van der Waals surface area contributed by atoms with E-state index in [2.05, 4.69) is 20.2 Å². The second-order valence-corrected chi connectivity index (χ2v) is 3.37. The smallest absolute Gasteiger partial charge is 0.188 e. The highest BCUT2D eigenvalue weighted by Gasteiger charge is 1.99. The predicted octanol–water partition coefficient (Wildman–Crippen LogP) is 0.933. The van der Waals surface area contributed by atoms with Gasteiger partial charge in [-0.15, -0.1) is 0 Å². The molecule has 0 atom stereocenters. The van der Waals surface area contributed by atoms with Crippen LogP contribution in [0.4, 0.5) is 5.82 Å². The molecule has 2 rings (SSSR count). The molecule has 2 aromatic heterocycles. The Hall–Kier alpha value is -1.56. The van der Waals surface area contributed by atoms with Crippen molar-refractivity contribution in [1.82, 2.24) is 20.2 Å². The Kier molecular flexibility index (Phi) is 2.13. The number of hydrogen-bond donors (Lipinski definition) is 2. The molecule has 0 aromatic carbocycles. The van der Waals surface area contributed by atoms with Gasteiger partial charge in [0.1, 0.15) is 12.1 Å². The first-order chi connectivity index (χ1) is 6.34. The fraction of sp³-hybridized carbons (Fsp3) is 0. The van der Waals surface area contributed by atoms with E-state index in [9.17, 15) is 0 Å². The molecule has 3 N–H and O–H groups in total. The van der Waals surface area contributed by atoms with Crippen molar-refractivity contribution < 1.29 is 0 Å². The molecule has 0 unspecified atom stereocenters. The zero-order valence-electron chi connectivity index (χ0n) is 6.64. The van der Waals surface area contributed by atoms with E-state index in [1.807, 2.05) is 6.07 Å². The predicted molar refractivity (Wildman–Crippen MR) is 49.2 cm³/mol. The van der Waals surface area contributed by atoms with Gasteiger partial charge in [0, 0.05) is 11.1 Å². The lowest BCUT2D eigenvalue weighted by Gasteiger charge is -1.97. The van der Waals surface area contributed by atoms with Crippen molar-refractivity contribution >= 4 is 17.6 Å². The number of pyridine rings is 1. The number of H-pyrrole nitrogens is 1. The molecule has 13 heavy (non-hydrogen) atoms. The maximum absolute atomic E-state index is 5.52. The highest BCUT2D eigenvalue weighted by molar-refractivity contribution is 7.99. The molecule has 0 aliphatic heterocycles. The van der Waals surface area contributed by atoms with E-state index in [0.29, 0.717) is 5.82 Å². The Labute approximate surface area is 78.8 Å². The number of nitrogens with one attached hydrogen (secondary N) is 1. The Morgan fingerprint density at radius 1 is 1.38 bits per heavy atom. The average Bonchev–Trinajstić information content (AvgIpc) is 2.57. The average molecular weight is 193 g/mol. The Morgan fingerprint density at radius 2 is 2.31 bits per heavy atom. The van der Waals surface area contributed by atoms with Gasteiger partial charge < -0.3 is 5.73 Å². The molecule has 5 nitrogen and oxygen atoms in total. The van der Waals surface area contributed by atoms with Gasteiger partial charge in [-0.25, -0.2) is 9.97 Å². The number of anilines is 1. The van der Waals surface area contributed by atoms with Crippen LogP contribution in [0.1, 0.15) is 0 Å². The summed E-state index contributed by atoms with van der Waals surface area (Å²) >= 11 is 1.46. The minimum absolute atomic E-state index is 0.504. The molecule has 0 bridgehead atoms. The van der Waals surface area contributed by atoms with Crippen LogP contribution in [0, 0.1) is 0 Å². The second-order valence-electron chi connectivity index (χ2n) is 2.31. The number of nitrogens with zero attached hydrogens (tertiary/aromatic N) is 3. The molecule has 0 fully saturated rings. The third kappa shape index (κ3) is 1.97. The van der Waals surface area contributed by atoms with Gasteiger partial charge in [-0.2, -0.15) is 5.10 Å². The lowest BCUT2D eigenvalue weighted by atomic mass is 10.5. The van der Waals surface area contributed by atoms with E-state index in [1.54, 1.807) is 12.3 Å². The Morgan fingerprint density at radius 3 is 3.00 bits per heavy atom. The first-order valence-corrected chi connectivity index (χ1v) is 4.41. The lowest BCUT2D eigenvalue weighted by molar-refractivity contribution is 0.973. The van der Waals surface area contributed by atoms with Crippen LogP contribution >= 0.6 is 11.8 Å². The van der Waals surface area contributed by atoms with Gasteiger partial charge in [-0.1, -0.05) is 11.8 Å². The summed E-state index contributed by atoms with van der Waals surface area (Å²) in [6.07, 6.45) is 3.13. The number of aromatic nitrogens is 4. The van der Waals surface area contributed by atoms with Crippen LogP contribution in [0.2, 0.25) is 0 Å². The van der Waals surface area contributed by atoms with Crippen LogP contribution < -0.4 is 5.73 Å². The normalized spacial score (nSPS) is 10.2. The fourth-order valence-electron chi connectivity index (χ4n) is 0.846. The van der Waals surface area contributed by atoms with Gasteiger partial charge >= 0.3 is 0 Å². The lowest BCUT2D eigenvalue weighted by Crippen LogP contribution is -1.88. The van der Waals surface area contributed by atoms with Crippen LogP contribution in [0.25, 0.3) is 0 Å². The van der Waals surface area contributed by atoms with Gasteiger partial charge in [-0.3, -0.25) is 5.10 Å². The van der Waals surface area contributed by atoms with Gasteiger partial charge in [0.05, 0.1) is 0 Å². The minimum Gasteiger partial charge on any atom is -0.384 e. The maximum atomic E-state index is 5.52. The van der Waals surface area contributed by atoms with Crippen molar-refractivity contribution in [1.29, 1.82) is 0 Å². The van der Waals surface area contributed by atoms with Crippen LogP contribution in [0.5, 0.6) is 0 Å². The van der Waals surface area contributed by atoms with Crippen LogP contribution in [0.15, 0.2) is 34.7 Å². The molecule has 0 saturated carbocycles. The van der Waals surface area contributed by atoms with Gasteiger partial charge in [0.2, 0.25) is 0 Å². The number of nitrogen functional groups attached to an aromatic ring is 1. The summed E-state index contributed by atoms with van der Waals surface area (Å²) in [6, 6.07) is 3.65. The molecule has 0 aliphatic carbocycles. The summed E-state index contributed by atoms with van der Waals surface area (Å²) < 4.78 is 0. The maximum Gasteiger partial charge on any atom is 0.188 e. The third-order valence-corrected chi connectivity index (χ3v) is 2.24. The third-order valence-electron chi connectivity index (χ3n) is 1.36. The summed E-state index contributed by atoms with van der Waals surface area (Å²) in [5, 5.41) is 7.22. The van der Waals surface area contributed by atoms with E-state index in [-0.39, 0.29) is 0 Å². The molecule has 0 aliphatic rings. The quantitative estimate of drug-likeness (QED) is 0.741. The summed E-state index contributed by atoms with van der Waals surface area (Å²) in [5.41, 5.74) is 5.52. The van der Waals surface area contributed by atoms with E-state index >= 15 is 0 Å². The molecule has 66 valence electrons. The van der Waals surface area contributed by atoms with Crippen molar-refractivity contribution in [2.24, 2.45) is 0 Å². The van der Waals surface area contributed by atoms with E-state index in [0.717, 1.165) is 10.1 Å². The molecular weight excluding hydrogens is 186 g/mol. The standard InChI is InChI=1S/C7H7N5S/c8-6-3-5(1-2-9-6)13-7-10-4-11-12-7/h1-4H,(H2,8,9)(H,10,11,12). The largest absolute Gasteiger partial charge is 0.384 e. The first-order valence-electron chi connectivity index (χ1n) is 3.59. The fourth-order valence-corrected chi connectivity index (χ4v) is 1.58. The first kappa shape index (κ1) is 8.06. The summed E-state index contributed by atoms with van der Waals surface area (Å²) in [5.74, 6) is 0.504. The highest BCUT2D eigenvalue weighted by atomic mass is 32.2. The highest BCUT2D eigenvalue weighted by Crippen LogP contribution is 2.23. The molecule has 2 heterocycles. The minimum atomic E-state index is 0.504. The summed E-state index contributed by atoms with van der Waals surface area (Å²) in [6.45, 7) is 0. The Bertz CT molecular complexity index is 386. The number of hydrogen-bond acceptors (Lipinski definition) is 5. The zero-order chi connectivity index (χ0) is 9.10. The molecule has 0 radical (unpaired) electrons. The van der Waals surface area contributed by atoms with Crippen LogP contribution in [-0.4, -0.2) is 20.2 Å². The molecular formula is C7H7N5S. The summed E-state index contributed by atoms with van der Waals surface area (Å²) in [4.78, 5) is 8.85. The molecule has 0 amide bonds. The zero-order valence-corrected chi connectivity index (χ0v) is 7.45. The van der Waals surface area contributed by atoms with E-state index in [4.69, 9.17) is 5.73 Å². The van der Waals surface area contributed by atoms with Crippen molar-refractivity contribution in [2.75, 3.05) is 5.73 Å². The number of nitrogens with two attached hydrogens (primary N) is 1. The van der Waals surface area contributed by atoms with E-state index in [1.165, 1.54) is 18.1 Å². The molecule has 0 spiro atoms. The van der Waals surface area contributed by atoms with Gasteiger partial charge in [0.15, 0.2) is 5.16 Å². The Balaban J connectivity index is 2.19.